The normalized spacial score (nSPS) is 31.8. The summed E-state index contributed by atoms with van der Waals surface area (Å²) in [5, 5.41) is 11.0. The maximum atomic E-state index is 11.0. The van der Waals surface area contributed by atoms with Crippen molar-refractivity contribution in [1.29, 1.82) is 0 Å². The summed E-state index contributed by atoms with van der Waals surface area (Å²) in [5.74, 6) is 0.541. The molecule has 0 radical (unpaired) electrons. The molecule has 1 aromatic carbocycles. The zero-order chi connectivity index (χ0) is 11.7. The van der Waals surface area contributed by atoms with E-state index in [2.05, 4.69) is 18.2 Å². The third-order valence-corrected chi connectivity index (χ3v) is 4.09. The summed E-state index contributed by atoms with van der Waals surface area (Å²) in [6.07, 6.45) is 10.7. The molecule has 1 saturated carbocycles. The van der Waals surface area contributed by atoms with Crippen LogP contribution in [0.15, 0.2) is 54.1 Å². The van der Waals surface area contributed by atoms with E-state index in [1.54, 1.807) is 0 Å². The van der Waals surface area contributed by atoms with Crippen molar-refractivity contribution in [1.82, 2.24) is 0 Å². The molecule has 0 heterocycles. The standard InChI is InChI=1S/C16H18O/c17-16(14-9-2-1-3-10-14)12-6-8-13-7-4-5-11-15(13)16/h1-5,9-11,13,17H,6-8,12H2. The summed E-state index contributed by atoms with van der Waals surface area (Å²) in [4.78, 5) is 0. The van der Waals surface area contributed by atoms with E-state index >= 15 is 0 Å². The van der Waals surface area contributed by atoms with Crippen LogP contribution in [0.5, 0.6) is 0 Å². The highest BCUT2D eigenvalue weighted by molar-refractivity contribution is 5.38. The van der Waals surface area contributed by atoms with Crippen LogP contribution in [0.2, 0.25) is 0 Å². The van der Waals surface area contributed by atoms with Gasteiger partial charge < -0.3 is 5.11 Å². The van der Waals surface area contributed by atoms with Crippen molar-refractivity contribution in [2.75, 3.05) is 0 Å². The number of hydrogen-bond donors (Lipinski definition) is 1. The van der Waals surface area contributed by atoms with Crippen LogP contribution in [0, 0.1) is 5.92 Å². The Kier molecular flexibility index (Phi) is 2.64. The number of allylic oxidation sites excluding steroid dienone is 3. The molecule has 17 heavy (non-hydrogen) atoms. The summed E-state index contributed by atoms with van der Waals surface area (Å²) in [7, 11) is 0. The largest absolute Gasteiger partial charge is 0.381 e. The fraction of sp³-hybridized carbons (Fsp3) is 0.375. The Balaban J connectivity index is 2.05. The lowest BCUT2D eigenvalue weighted by molar-refractivity contribution is 0.0349. The Morgan fingerprint density at radius 3 is 2.82 bits per heavy atom. The van der Waals surface area contributed by atoms with E-state index in [9.17, 15) is 5.11 Å². The van der Waals surface area contributed by atoms with E-state index in [0.29, 0.717) is 5.92 Å². The third kappa shape index (κ3) is 1.75. The Morgan fingerprint density at radius 1 is 1.18 bits per heavy atom. The van der Waals surface area contributed by atoms with Gasteiger partial charge in [-0.3, -0.25) is 0 Å². The van der Waals surface area contributed by atoms with Gasteiger partial charge in [0.25, 0.3) is 0 Å². The van der Waals surface area contributed by atoms with Gasteiger partial charge in [-0.15, -0.1) is 0 Å². The minimum absolute atomic E-state index is 0.541. The number of fused-ring (bicyclic) bond motifs is 1. The van der Waals surface area contributed by atoms with Gasteiger partial charge in [0.15, 0.2) is 0 Å². The second-order valence-corrected chi connectivity index (χ2v) is 5.10. The van der Waals surface area contributed by atoms with E-state index in [1.807, 2.05) is 30.3 Å². The molecular formula is C16H18O. The molecule has 1 nitrogen and oxygen atoms in total. The van der Waals surface area contributed by atoms with E-state index in [4.69, 9.17) is 0 Å². The first kappa shape index (κ1) is 10.8. The van der Waals surface area contributed by atoms with Crippen LogP contribution >= 0.6 is 0 Å². The summed E-state index contributed by atoms with van der Waals surface area (Å²) < 4.78 is 0. The van der Waals surface area contributed by atoms with Gasteiger partial charge in [-0.25, -0.2) is 0 Å². The molecule has 1 N–H and O–H groups in total. The predicted octanol–water partition coefficient (Wildman–Crippen LogP) is 3.56. The maximum absolute atomic E-state index is 11.0. The van der Waals surface area contributed by atoms with Crippen LogP contribution in [-0.2, 0) is 5.60 Å². The molecule has 2 aliphatic carbocycles. The zero-order valence-corrected chi connectivity index (χ0v) is 9.97. The van der Waals surface area contributed by atoms with Gasteiger partial charge in [0, 0.05) is 0 Å². The highest BCUT2D eigenvalue weighted by Crippen LogP contribution is 2.46. The zero-order valence-electron chi connectivity index (χ0n) is 9.97. The van der Waals surface area contributed by atoms with E-state index in [-0.39, 0.29) is 0 Å². The lowest BCUT2D eigenvalue weighted by atomic mass is 9.68. The average molecular weight is 226 g/mol. The second kappa shape index (κ2) is 4.15. The number of benzene rings is 1. The van der Waals surface area contributed by atoms with Crippen molar-refractivity contribution in [2.24, 2.45) is 5.92 Å². The fourth-order valence-corrected chi connectivity index (χ4v) is 3.20. The Labute approximate surface area is 102 Å². The first-order valence-corrected chi connectivity index (χ1v) is 6.46. The van der Waals surface area contributed by atoms with Crippen molar-refractivity contribution in [3.8, 4) is 0 Å². The number of hydrogen-bond acceptors (Lipinski definition) is 1. The summed E-state index contributed by atoms with van der Waals surface area (Å²) in [6.45, 7) is 0. The molecule has 0 aliphatic heterocycles. The highest BCUT2D eigenvalue weighted by atomic mass is 16.3. The van der Waals surface area contributed by atoms with Crippen LogP contribution in [0.1, 0.15) is 31.2 Å². The number of aliphatic hydroxyl groups is 1. The highest BCUT2D eigenvalue weighted by Gasteiger charge is 2.40. The van der Waals surface area contributed by atoms with Crippen LogP contribution < -0.4 is 0 Å². The molecule has 1 fully saturated rings. The Morgan fingerprint density at radius 2 is 2.00 bits per heavy atom. The molecule has 0 spiro atoms. The molecule has 2 atom stereocenters. The Bertz CT molecular complexity index is 458. The fourth-order valence-electron chi connectivity index (χ4n) is 3.20. The van der Waals surface area contributed by atoms with Gasteiger partial charge >= 0.3 is 0 Å². The average Bonchev–Trinajstić information content (AvgIpc) is 2.40. The molecule has 0 bridgehead atoms. The minimum atomic E-state index is -0.727. The van der Waals surface area contributed by atoms with Gasteiger partial charge in [0.1, 0.15) is 5.60 Å². The lowest BCUT2D eigenvalue weighted by Crippen LogP contribution is -2.36. The van der Waals surface area contributed by atoms with Crippen molar-refractivity contribution in [3.05, 3.63) is 59.7 Å². The molecule has 0 aromatic heterocycles. The maximum Gasteiger partial charge on any atom is 0.111 e. The molecule has 0 amide bonds. The Hall–Kier alpha value is -1.34. The SMILES string of the molecule is OC1(c2ccccc2)CCCC2CC=CC=C21. The third-order valence-electron chi connectivity index (χ3n) is 4.09. The molecule has 2 unspecified atom stereocenters. The van der Waals surface area contributed by atoms with Crippen LogP contribution in [0.3, 0.4) is 0 Å². The van der Waals surface area contributed by atoms with Crippen molar-refractivity contribution in [3.63, 3.8) is 0 Å². The molecule has 0 saturated heterocycles. The van der Waals surface area contributed by atoms with Crippen molar-refractivity contribution >= 4 is 0 Å². The predicted molar refractivity (Wildman–Crippen MR) is 69.5 cm³/mol. The summed E-state index contributed by atoms with van der Waals surface area (Å²) in [5.41, 5.74) is 1.54. The van der Waals surface area contributed by atoms with Crippen LogP contribution in [0.25, 0.3) is 0 Å². The second-order valence-electron chi connectivity index (χ2n) is 5.10. The van der Waals surface area contributed by atoms with Crippen molar-refractivity contribution in [2.45, 2.75) is 31.3 Å². The first-order chi connectivity index (χ1) is 8.31. The molecule has 1 heteroatoms. The van der Waals surface area contributed by atoms with Crippen LogP contribution in [0.4, 0.5) is 0 Å². The molecule has 3 rings (SSSR count). The lowest BCUT2D eigenvalue weighted by Gasteiger charge is -2.41. The van der Waals surface area contributed by atoms with Crippen LogP contribution in [-0.4, -0.2) is 5.11 Å². The van der Waals surface area contributed by atoms with Gasteiger partial charge in [-0.2, -0.15) is 0 Å². The van der Waals surface area contributed by atoms with Gasteiger partial charge in [-0.05, 0) is 42.7 Å². The smallest absolute Gasteiger partial charge is 0.111 e. The van der Waals surface area contributed by atoms with Gasteiger partial charge in [0.2, 0.25) is 0 Å². The molecule has 2 aliphatic rings. The van der Waals surface area contributed by atoms with Gasteiger partial charge in [-0.1, -0.05) is 48.6 Å². The summed E-state index contributed by atoms with van der Waals surface area (Å²) >= 11 is 0. The van der Waals surface area contributed by atoms with Crippen molar-refractivity contribution < 1.29 is 5.11 Å². The quantitative estimate of drug-likeness (QED) is 0.776. The molecule has 88 valence electrons. The molecule has 1 aromatic rings. The van der Waals surface area contributed by atoms with E-state index in [1.165, 1.54) is 12.0 Å². The minimum Gasteiger partial charge on any atom is -0.381 e. The first-order valence-electron chi connectivity index (χ1n) is 6.46. The van der Waals surface area contributed by atoms with E-state index < -0.39 is 5.60 Å². The monoisotopic (exact) mass is 226 g/mol. The van der Waals surface area contributed by atoms with E-state index in [0.717, 1.165) is 24.8 Å². The van der Waals surface area contributed by atoms with Gasteiger partial charge in [0.05, 0.1) is 0 Å². The number of rotatable bonds is 1. The topological polar surface area (TPSA) is 20.2 Å². The molecular weight excluding hydrogens is 208 g/mol. The summed E-state index contributed by atoms with van der Waals surface area (Å²) in [6, 6.07) is 10.1.